The first-order valence-corrected chi connectivity index (χ1v) is 5.26. The molecule has 0 amide bonds. The Kier molecular flexibility index (Phi) is 2.17. The quantitative estimate of drug-likeness (QED) is 0.585. The molecule has 11 heavy (non-hydrogen) atoms. The van der Waals surface area contributed by atoms with Gasteiger partial charge in [0, 0.05) is 0 Å². The molecule has 0 aromatic rings. The monoisotopic (exact) mass is 177 g/mol. The molecule has 1 aliphatic carbocycles. The molecular formula is C6H11NO3S. The summed E-state index contributed by atoms with van der Waals surface area (Å²) in [7, 11) is -3.41. The molecule has 0 aliphatic heterocycles. The third kappa shape index (κ3) is 2.49. The first-order chi connectivity index (χ1) is 4.99. The summed E-state index contributed by atoms with van der Waals surface area (Å²) in [5.41, 5.74) is 0.843. The predicted octanol–water partition coefficient (Wildman–Crippen LogP) is 0.749. The van der Waals surface area contributed by atoms with E-state index < -0.39 is 10.1 Å². The van der Waals surface area contributed by atoms with Crippen LogP contribution in [0, 0.1) is 5.92 Å². The Morgan fingerprint density at radius 1 is 1.64 bits per heavy atom. The Morgan fingerprint density at radius 2 is 2.27 bits per heavy atom. The van der Waals surface area contributed by atoms with Gasteiger partial charge in [-0.25, -0.2) is 0 Å². The van der Waals surface area contributed by atoms with E-state index in [0.29, 0.717) is 5.92 Å². The normalized spacial score (nSPS) is 28.2. The van der Waals surface area contributed by atoms with Crippen molar-refractivity contribution in [2.45, 2.75) is 19.8 Å². The molecule has 0 saturated heterocycles. The Morgan fingerprint density at radius 3 is 2.55 bits per heavy atom. The zero-order valence-electron chi connectivity index (χ0n) is 6.57. The highest BCUT2D eigenvalue weighted by atomic mass is 32.2. The standard InChI is InChI=1S/C6H11NO3S/c1-5-3-4-6(5)7-10-11(2,8)9/h5H,3-4H2,1-2H3/b7-6+. The maximum Gasteiger partial charge on any atom is 0.325 e. The summed E-state index contributed by atoms with van der Waals surface area (Å²) in [6, 6.07) is 0. The van der Waals surface area contributed by atoms with Gasteiger partial charge in [0.25, 0.3) is 0 Å². The van der Waals surface area contributed by atoms with Gasteiger partial charge < -0.3 is 0 Å². The molecular weight excluding hydrogens is 166 g/mol. The smallest absolute Gasteiger partial charge is 0.269 e. The Balaban J connectivity index is 2.48. The molecule has 1 unspecified atom stereocenters. The summed E-state index contributed by atoms with van der Waals surface area (Å²) in [4.78, 5) is 0. The molecule has 1 atom stereocenters. The van der Waals surface area contributed by atoms with Crippen LogP contribution < -0.4 is 0 Å². The lowest BCUT2D eigenvalue weighted by Crippen LogP contribution is -2.23. The van der Waals surface area contributed by atoms with Crippen LogP contribution in [-0.4, -0.2) is 20.4 Å². The topological polar surface area (TPSA) is 55.7 Å². The van der Waals surface area contributed by atoms with E-state index in [1.165, 1.54) is 0 Å². The number of hydrogen-bond donors (Lipinski definition) is 0. The number of rotatable bonds is 2. The summed E-state index contributed by atoms with van der Waals surface area (Å²) in [6.45, 7) is 1.99. The van der Waals surface area contributed by atoms with Crippen molar-refractivity contribution in [3.8, 4) is 0 Å². The van der Waals surface area contributed by atoms with Crippen molar-refractivity contribution in [3.63, 3.8) is 0 Å². The number of oxime groups is 1. The van der Waals surface area contributed by atoms with E-state index >= 15 is 0 Å². The van der Waals surface area contributed by atoms with Crippen molar-refractivity contribution in [3.05, 3.63) is 0 Å². The van der Waals surface area contributed by atoms with Crippen LogP contribution in [-0.2, 0) is 14.4 Å². The Labute approximate surface area is 66.4 Å². The third-order valence-corrected chi connectivity index (χ3v) is 2.04. The van der Waals surface area contributed by atoms with Gasteiger partial charge in [0.2, 0.25) is 0 Å². The molecule has 0 heterocycles. The van der Waals surface area contributed by atoms with Crippen LogP contribution in [0.3, 0.4) is 0 Å². The van der Waals surface area contributed by atoms with E-state index in [9.17, 15) is 8.42 Å². The molecule has 0 spiro atoms. The minimum absolute atomic E-state index is 0.386. The van der Waals surface area contributed by atoms with Crippen LogP contribution >= 0.6 is 0 Å². The summed E-state index contributed by atoms with van der Waals surface area (Å²) in [5, 5.41) is 3.51. The highest BCUT2D eigenvalue weighted by Gasteiger charge is 2.22. The van der Waals surface area contributed by atoms with Crippen molar-refractivity contribution >= 4 is 15.8 Å². The molecule has 1 saturated carbocycles. The van der Waals surface area contributed by atoms with Gasteiger partial charge in [0.05, 0.1) is 12.0 Å². The van der Waals surface area contributed by atoms with Crippen molar-refractivity contribution in [2.75, 3.05) is 6.26 Å². The predicted molar refractivity (Wildman–Crippen MR) is 41.8 cm³/mol. The van der Waals surface area contributed by atoms with Crippen molar-refractivity contribution in [1.82, 2.24) is 0 Å². The van der Waals surface area contributed by atoms with Gasteiger partial charge in [-0.05, 0) is 18.8 Å². The molecule has 0 aromatic carbocycles. The van der Waals surface area contributed by atoms with E-state index in [1.807, 2.05) is 6.92 Å². The van der Waals surface area contributed by atoms with Crippen LogP contribution in [0.1, 0.15) is 19.8 Å². The highest BCUT2D eigenvalue weighted by molar-refractivity contribution is 7.85. The molecule has 64 valence electrons. The molecule has 0 N–H and O–H groups in total. The second-order valence-corrected chi connectivity index (χ2v) is 4.36. The van der Waals surface area contributed by atoms with E-state index in [-0.39, 0.29) is 0 Å². The van der Waals surface area contributed by atoms with E-state index in [4.69, 9.17) is 0 Å². The molecule has 1 aliphatic rings. The SMILES string of the molecule is CC1CC/C1=N\OS(C)(=O)=O. The van der Waals surface area contributed by atoms with Gasteiger partial charge in [-0.15, -0.1) is 0 Å². The van der Waals surface area contributed by atoms with Crippen LogP contribution in [0.2, 0.25) is 0 Å². The fourth-order valence-electron chi connectivity index (χ4n) is 0.813. The van der Waals surface area contributed by atoms with Crippen LogP contribution in [0.15, 0.2) is 5.16 Å². The summed E-state index contributed by atoms with van der Waals surface area (Å²) < 4.78 is 25.2. The van der Waals surface area contributed by atoms with Gasteiger partial charge in [0.15, 0.2) is 0 Å². The van der Waals surface area contributed by atoms with E-state index in [1.54, 1.807) is 0 Å². The summed E-state index contributed by atoms with van der Waals surface area (Å²) in [6.07, 6.45) is 2.92. The van der Waals surface area contributed by atoms with Crippen LogP contribution in [0.25, 0.3) is 0 Å². The first-order valence-electron chi connectivity index (χ1n) is 3.44. The highest BCUT2D eigenvalue weighted by Crippen LogP contribution is 2.23. The summed E-state index contributed by atoms with van der Waals surface area (Å²) in [5.74, 6) is 0.386. The fourth-order valence-corrected chi connectivity index (χ4v) is 1.04. The van der Waals surface area contributed by atoms with Gasteiger partial charge in [-0.3, -0.25) is 4.28 Å². The van der Waals surface area contributed by atoms with Gasteiger partial charge in [-0.2, -0.15) is 8.42 Å². The van der Waals surface area contributed by atoms with E-state index in [0.717, 1.165) is 24.8 Å². The third-order valence-electron chi connectivity index (χ3n) is 1.69. The molecule has 0 bridgehead atoms. The summed E-state index contributed by atoms with van der Waals surface area (Å²) >= 11 is 0. The van der Waals surface area contributed by atoms with Gasteiger partial charge in [0.1, 0.15) is 0 Å². The molecule has 5 heteroatoms. The fraction of sp³-hybridized carbons (Fsp3) is 0.833. The maximum atomic E-state index is 10.5. The lowest BCUT2D eigenvalue weighted by Gasteiger charge is -2.22. The Bertz CT molecular complexity index is 268. The second kappa shape index (κ2) is 2.81. The Hall–Kier alpha value is -0.580. The van der Waals surface area contributed by atoms with E-state index in [2.05, 4.69) is 9.44 Å². The minimum Gasteiger partial charge on any atom is -0.269 e. The molecule has 4 nitrogen and oxygen atoms in total. The van der Waals surface area contributed by atoms with Gasteiger partial charge in [-0.1, -0.05) is 12.1 Å². The lowest BCUT2D eigenvalue weighted by molar-refractivity contribution is 0.332. The largest absolute Gasteiger partial charge is 0.325 e. The van der Waals surface area contributed by atoms with Crippen LogP contribution in [0.4, 0.5) is 0 Å². The lowest BCUT2D eigenvalue weighted by atomic mass is 9.85. The average molecular weight is 177 g/mol. The number of nitrogens with zero attached hydrogens (tertiary/aromatic N) is 1. The van der Waals surface area contributed by atoms with Crippen LogP contribution in [0.5, 0.6) is 0 Å². The van der Waals surface area contributed by atoms with Crippen molar-refractivity contribution in [1.29, 1.82) is 0 Å². The number of hydrogen-bond acceptors (Lipinski definition) is 4. The van der Waals surface area contributed by atoms with Crippen molar-refractivity contribution < 1.29 is 12.7 Å². The second-order valence-electron chi connectivity index (χ2n) is 2.80. The minimum atomic E-state index is -3.41. The zero-order chi connectivity index (χ0) is 8.48. The van der Waals surface area contributed by atoms with Crippen molar-refractivity contribution in [2.24, 2.45) is 11.1 Å². The average Bonchev–Trinajstić information content (AvgIpc) is 1.82. The molecule has 0 aromatic heterocycles. The maximum absolute atomic E-state index is 10.5. The van der Waals surface area contributed by atoms with Gasteiger partial charge >= 0.3 is 10.1 Å². The molecule has 0 radical (unpaired) electrons. The molecule has 1 fully saturated rings. The zero-order valence-corrected chi connectivity index (χ0v) is 7.39. The first kappa shape index (κ1) is 8.52. The molecule has 1 rings (SSSR count).